The van der Waals surface area contributed by atoms with Crippen molar-refractivity contribution in [3.8, 4) is 0 Å². The summed E-state index contributed by atoms with van der Waals surface area (Å²) in [5.41, 5.74) is -1.84. The molecule has 10 nitrogen and oxygen atoms in total. The molecule has 0 bridgehead atoms. The van der Waals surface area contributed by atoms with E-state index in [0.717, 1.165) is 0 Å². The molecule has 0 aliphatic carbocycles. The van der Waals surface area contributed by atoms with Crippen molar-refractivity contribution in [2.75, 3.05) is 5.32 Å². The molecule has 0 atom stereocenters. The Hall–Kier alpha value is -3.27. The van der Waals surface area contributed by atoms with Gasteiger partial charge >= 0.3 is 11.4 Å². The van der Waals surface area contributed by atoms with Crippen LogP contribution in [0.15, 0.2) is 30.3 Å². The first kappa shape index (κ1) is 17.1. The standard InChI is InChI=1S/C13H9ClN4O6/c1-7-2-3-8(14)4-10(7)15-13-11(17(21)22)5-9(16(19)20)6-12(13)18(23)24/h2-6,15H,1H3. The molecule has 0 saturated carbocycles. The van der Waals surface area contributed by atoms with Crippen LogP contribution in [0.3, 0.4) is 0 Å². The number of rotatable bonds is 5. The zero-order chi connectivity index (χ0) is 18.0. The molecule has 0 amide bonds. The molecular formula is C13H9ClN4O6. The van der Waals surface area contributed by atoms with E-state index in [1.807, 2.05) is 0 Å². The van der Waals surface area contributed by atoms with Crippen LogP contribution in [0.25, 0.3) is 0 Å². The number of nitro groups is 3. The van der Waals surface area contributed by atoms with Crippen molar-refractivity contribution in [3.63, 3.8) is 0 Å². The second-order valence-electron chi connectivity index (χ2n) is 4.71. The number of nitro benzene ring substituents is 3. The zero-order valence-electron chi connectivity index (χ0n) is 12.1. The molecule has 2 aromatic carbocycles. The SMILES string of the molecule is Cc1ccc(Cl)cc1Nc1c([N+](=O)[O-])cc([N+](=O)[O-])cc1[N+](=O)[O-]. The lowest BCUT2D eigenvalue weighted by Gasteiger charge is -2.10. The van der Waals surface area contributed by atoms with E-state index in [1.54, 1.807) is 19.1 Å². The van der Waals surface area contributed by atoms with E-state index < -0.39 is 37.5 Å². The third-order valence-corrected chi connectivity index (χ3v) is 3.38. The highest BCUT2D eigenvalue weighted by Crippen LogP contribution is 2.40. The van der Waals surface area contributed by atoms with Gasteiger partial charge in [-0.3, -0.25) is 30.3 Å². The minimum atomic E-state index is -0.936. The van der Waals surface area contributed by atoms with Gasteiger partial charge < -0.3 is 5.32 Å². The predicted octanol–water partition coefficient (Wildman–Crippen LogP) is 4.12. The van der Waals surface area contributed by atoms with Gasteiger partial charge in [-0.25, -0.2) is 0 Å². The molecule has 0 saturated heterocycles. The third kappa shape index (κ3) is 3.38. The summed E-state index contributed by atoms with van der Waals surface area (Å²) in [4.78, 5) is 30.5. The molecule has 24 heavy (non-hydrogen) atoms. The molecule has 11 heteroatoms. The molecule has 124 valence electrons. The number of hydrogen-bond donors (Lipinski definition) is 1. The van der Waals surface area contributed by atoms with Gasteiger partial charge in [-0.1, -0.05) is 17.7 Å². The van der Waals surface area contributed by atoms with Crippen LogP contribution in [0.4, 0.5) is 28.4 Å². The highest BCUT2D eigenvalue weighted by molar-refractivity contribution is 6.30. The van der Waals surface area contributed by atoms with Crippen LogP contribution in [0.2, 0.25) is 5.02 Å². The van der Waals surface area contributed by atoms with Crippen LogP contribution >= 0.6 is 11.6 Å². The Bertz CT molecular complexity index is 835. The molecule has 0 aliphatic rings. The highest BCUT2D eigenvalue weighted by Gasteiger charge is 2.31. The molecule has 0 unspecified atom stereocenters. The van der Waals surface area contributed by atoms with E-state index in [0.29, 0.717) is 28.4 Å². The van der Waals surface area contributed by atoms with Crippen LogP contribution in [-0.2, 0) is 0 Å². The molecule has 1 N–H and O–H groups in total. The minimum Gasteiger partial charge on any atom is -0.344 e. The first-order chi connectivity index (χ1) is 11.2. The molecular weight excluding hydrogens is 344 g/mol. The third-order valence-electron chi connectivity index (χ3n) is 3.14. The summed E-state index contributed by atoms with van der Waals surface area (Å²) < 4.78 is 0. The molecule has 2 aromatic rings. The smallest absolute Gasteiger partial charge is 0.306 e. The average molecular weight is 353 g/mol. The molecule has 0 aromatic heterocycles. The summed E-state index contributed by atoms with van der Waals surface area (Å²) in [6.07, 6.45) is 0. The van der Waals surface area contributed by atoms with Gasteiger partial charge in [0.15, 0.2) is 5.69 Å². The Kier molecular flexibility index (Phi) is 4.60. The monoisotopic (exact) mass is 352 g/mol. The number of nitrogens with zero attached hydrogens (tertiary/aromatic N) is 3. The first-order valence-corrected chi connectivity index (χ1v) is 6.73. The van der Waals surface area contributed by atoms with Crippen LogP contribution in [-0.4, -0.2) is 14.8 Å². The molecule has 0 fully saturated rings. The van der Waals surface area contributed by atoms with Crippen LogP contribution in [0.5, 0.6) is 0 Å². The van der Waals surface area contributed by atoms with Gasteiger partial charge in [0.1, 0.15) is 0 Å². The van der Waals surface area contributed by atoms with E-state index in [-0.39, 0.29) is 0 Å². The molecule has 2 rings (SSSR count). The van der Waals surface area contributed by atoms with Gasteiger partial charge in [0, 0.05) is 10.7 Å². The molecule has 0 aliphatic heterocycles. The number of anilines is 2. The van der Waals surface area contributed by atoms with Crippen molar-refractivity contribution in [2.24, 2.45) is 0 Å². The van der Waals surface area contributed by atoms with E-state index >= 15 is 0 Å². The lowest BCUT2D eigenvalue weighted by Crippen LogP contribution is -2.04. The van der Waals surface area contributed by atoms with E-state index in [1.165, 1.54) is 6.07 Å². The summed E-state index contributed by atoms with van der Waals surface area (Å²) in [7, 11) is 0. The second-order valence-corrected chi connectivity index (χ2v) is 5.15. The van der Waals surface area contributed by atoms with Crippen LogP contribution in [0, 0.1) is 37.3 Å². The first-order valence-electron chi connectivity index (χ1n) is 6.35. The number of halogens is 1. The summed E-state index contributed by atoms with van der Waals surface area (Å²) in [5.74, 6) is 0. The van der Waals surface area contributed by atoms with Crippen molar-refractivity contribution in [1.29, 1.82) is 0 Å². The molecule has 0 spiro atoms. The van der Waals surface area contributed by atoms with Gasteiger partial charge in [0.05, 0.1) is 26.9 Å². The Balaban J connectivity index is 2.70. The summed E-state index contributed by atoms with van der Waals surface area (Å²) in [5, 5.41) is 36.2. The van der Waals surface area contributed by atoms with Gasteiger partial charge in [-0.2, -0.15) is 0 Å². The Morgan fingerprint density at radius 1 is 0.917 bits per heavy atom. The Morgan fingerprint density at radius 2 is 1.46 bits per heavy atom. The zero-order valence-corrected chi connectivity index (χ0v) is 12.8. The van der Waals surface area contributed by atoms with E-state index in [4.69, 9.17) is 11.6 Å². The van der Waals surface area contributed by atoms with Gasteiger partial charge in [0.25, 0.3) is 5.69 Å². The number of non-ortho nitro benzene ring substituents is 1. The fourth-order valence-electron chi connectivity index (χ4n) is 1.98. The minimum absolute atomic E-state index is 0.308. The van der Waals surface area contributed by atoms with Gasteiger partial charge in [-0.05, 0) is 24.6 Å². The maximum absolute atomic E-state index is 11.2. The van der Waals surface area contributed by atoms with Gasteiger partial charge in [0.2, 0.25) is 0 Å². The van der Waals surface area contributed by atoms with Crippen LogP contribution in [0.1, 0.15) is 5.56 Å². The fraction of sp³-hybridized carbons (Fsp3) is 0.0769. The molecule has 0 radical (unpaired) electrons. The summed E-state index contributed by atoms with van der Waals surface area (Å²) >= 11 is 5.86. The predicted molar refractivity (Wildman–Crippen MR) is 85.9 cm³/mol. The Labute approximate surface area is 139 Å². The largest absolute Gasteiger partial charge is 0.344 e. The number of hydrogen-bond acceptors (Lipinski definition) is 7. The maximum atomic E-state index is 11.2. The van der Waals surface area contributed by atoms with Crippen molar-refractivity contribution in [2.45, 2.75) is 6.92 Å². The summed E-state index contributed by atoms with van der Waals surface area (Å²) in [6, 6.07) is 5.96. The van der Waals surface area contributed by atoms with Crippen molar-refractivity contribution >= 4 is 40.0 Å². The van der Waals surface area contributed by atoms with Crippen molar-refractivity contribution in [3.05, 3.63) is 71.3 Å². The fourth-order valence-corrected chi connectivity index (χ4v) is 2.15. The van der Waals surface area contributed by atoms with Crippen molar-refractivity contribution in [1.82, 2.24) is 0 Å². The summed E-state index contributed by atoms with van der Waals surface area (Å²) in [6.45, 7) is 1.67. The van der Waals surface area contributed by atoms with Crippen molar-refractivity contribution < 1.29 is 14.8 Å². The number of nitrogens with one attached hydrogen (secondary N) is 1. The Morgan fingerprint density at radius 3 is 1.92 bits per heavy atom. The quantitative estimate of drug-likeness (QED) is 0.629. The average Bonchev–Trinajstić information content (AvgIpc) is 2.50. The lowest BCUT2D eigenvalue weighted by atomic mass is 10.1. The number of benzene rings is 2. The second kappa shape index (κ2) is 6.46. The van der Waals surface area contributed by atoms with Crippen LogP contribution < -0.4 is 5.32 Å². The number of aryl methyl sites for hydroxylation is 1. The van der Waals surface area contributed by atoms with E-state index in [2.05, 4.69) is 5.32 Å². The lowest BCUT2D eigenvalue weighted by molar-refractivity contribution is -0.401. The highest BCUT2D eigenvalue weighted by atomic mass is 35.5. The topological polar surface area (TPSA) is 141 Å². The molecule has 0 heterocycles. The van der Waals surface area contributed by atoms with E-state index in [9.17, 15) is 30.3 Å². The normalized spacial score (nSPS) is 10.2. The maximum Gasteiger partial charge on any atom is 0.306 e. The van der Waals surface area contributed by atoms with Gasteiger partial charge in [-0.15, -0.1) is 0 Å².